The molecule has 4 rings (SSSR count). The van der Waals surface area contributed by atoms with E-state index in [4.69, 9.17) is 9.47 Å². The van der Waals surface area contributed by atoms with Crippen LogP contribution < -0.4 is 19.7 Å². The highest BCUT2D eigenvalue weighted by molar-refractivity contribution is 5.66. The molecule has 1 aliphatic rings. The van der Waals surface area contributed by atoms with Gasteiger partial charge in [-0.2, -0.15) is 13.2 Å². The van der Waals surface area contributed by atoms with Gasteiger partial charge in [-0.1, -0.05) is 6.07 Å². The van der Waals surface area contributed by atoms with Crippen molar-refractivity contribution in [1.82, 2.24) is 4.98 Å². The van der Waals surface area contributed by atoms with Crippen LogP contribution in [0.3, 0.4) is 0 Å². The molecule has 32 heavy (non-hydrogen) atoms. The highest BCUT2D eigenvalue weighted by atomic mass is 19.4. The van der Waals surface area contributed by atoms with Crippen molar-refractivity contribution in [3.63, 3.8) is 0 Å². The summed E-state index contributed by atoms with van der Waals surface area (Å²) in [7, 11) is 1.90. The third kappa shape index (κ3) is 5.43. The molecule has 1 aromatic heterocycles. The fraction of sp³-hybridized carbons (Fsp3) is 0.292. The third-order valence-corrected chi connectivity index (χ3v) is 5.39. The van der Waals surface area contributed by atoms with Gasteiger partial charge in [0.1, 0.15) is 11.5 Å². The number of nitrogens with one attached hydrogen (secondary N) is 1. The van der Waals surface area contributed by atoms with Gasteiger partial charge >= 0.3 is 6.18 Å². The summed E-state index contributed by atoms with van der Waals surface area (Å²) in [5.41, 5.74) is 3.89. The zero-order valence-corrected chi connectivity index (χ0v) is 17.6. The molecule has 0 radical (unpaired) electrons. The van der Waals surface area contributed by atoms with E-state index in [0.717, 1.165) is 41.3 Å². The fourth-order valence-electron chi connectivity index (χ4n) is 3.66. The van der Waals surface area contributed by atoms with E-state index in [1.54, 1.807) is 24.5 Å². The minimum atomic E-state index is -4.36. The number of fused-ring (bicyclic) bond motifs is 1. The van der Waals surface area contributed by atoms with Crippen LogP contribution >= 0.6 is 0 Å². The number of hydrogen-bond acceptors (Lipinski definition) is 5. The molecule has 0 amide bonds. The van der Waals surface area contributed by atoms with Crippen molar-refractivity contribution in [3.8, 4) is 11.5 Å². The molecule has 1 N–H and O–H groups in total. The number of halogens is 3. The van der Waals surface area contributed by atoms with Crippen LogP contribution in [0.5, 0.6) is 11.5 Å². The molecule has 0 fully saturated rings. The molecule has 5 nitrogen and oxygen atoms in total. The van der Waals surface area contributed by atoms with E-state index in [-0.39, 0.29) is 5.75 Å². The van der Waals surface area contributed by atoms with Crippen LogP contribution in [0, 0.1) is 0 Å². The molecule has 0 spiro atoms. The van der Waals surface area contributed by atoms with E-state index in [0.29, 0.717) is 12.5 Å². The highest BCUT2D eigenvalue weighted by Gasteiger charge is 2.28. The molecule has 3 aromatic rings. The monoisotopic (exact) mass is 443 g/mol. The summed E-state index contributed by atoms with van der Waals surface area (Å²) in [4.78, 5) is 6.08. The second-order valence-corrected chi connectivity index (χ2v) is 7.64. The van der Waals surface area contributed by atoms with Crippen molar-refractivity contribution < 1.29 is 22.6 Å². The Morgan fingerprint density at radius 2 is 1.91 bits per heavy atom. The van der Waals surface area contributed by atoms with Crippen LogP contribution in [0.1, 0.15) is 17.9 Å². The Morgan fingerprint density at radius 3 is 2.62 bits per heavy atom. The smallest absolute Gasteiger partial charge is 0.422 e. The third-order valence-electron chi connectivity index (χ3n) is 5.39. The van der Waals surface area contributed by atoms with E-state index in [1.807, 2.05) is 36.2 Å². The van der Waals surface area contributed by atoms with Gasteiger partial charge in [-0.15, -0.1) is 0 Å². The normalized spacial score (nSPS) is 15.4. The summed E-state index contributed by atoms with van der Waals surface area (Å²) in [6.07, 6.45) is 0.118. The SMILES string of the molecule is CN(c1ccc(OCC(F)(F)F)cc1)c1ccc2c(c1)OCC[C@H]2CNc1cccnc1. The second-order valence-electron chi connectivity index (χ2n) is 7.64. The molecule has 1 aliphatic heterocycles. The van der Waals surface area contributed by atoms with E-state index in [9.17, 15) is 13.2 Å². The molecular formula is C24H24F3N3O2. The molecule has 1 atom stereocenters. The summed E-state index contributed by atoms with van der Waals surface area (Å²) >= 11 is 0. The fourth-order valence-corrected chi connectivity index (χ4v) is 3.66. The van der Waals surface area contributed by atoms with Crippen molar-refractivity contribution in [2.75, 3.05) is 37.0 Å². The maximum absolute atomic E-state index is 12.3. The lowest BCUT2D eigenvalue weighted by molar-refractivity contribution is -0.153. The van der Waals surface area contributed by atoms with Gasteiger partial charge < -0.3 is 19.7 Å². The lowest BCUT2D eigenvalue weighted by Crippen LogP contribution is -2.21. The topological polar surface area (TPSA) is 46.6 Å². The van der Waals surface area contributed by atoms with Crippen LogP contribution in [-0.4, -0.2) is 38.0 Å². The van der Waals surface area contributed by atoms with Gasteiger partial charge in [0.25, 0.3) is 0 Å². The lowest BCUT2D eigenvalue weighted by Gasteiger charge is -2.28. The predicted octanol–water partition coefficient (Wildman–Crippen LogP) is 5.77. The summed E-state index contributed by atoms with van der Waals surface area (Å²) in [5.74, 6) is 1.35. The number of nitrogens with zero attached hydrogens (tertiary/aromatic N) is 2. The molecule has 168 valence electrons. The first-order valence-electron chi connectivity index (χ1n) is 10.3. The number of hydrogen-bond donors (Lipinski definition) is 1. The van der Waals surface area contributed by atoms with Crippen LogP contribution in [0.2, 0.25) is 0 Å². The molecule has 0 saturated carbocycles. The number of anilines is 3. The van der Waals surface area contributed by atoms with Crippen molar-refractivity contribution in [2.45, 2.75) is 18.5 Å². The van der Waals surface area contributed by atoms with Crippen molar-refractivity contribution >= 4 is 17.1 Å². The first kappa shape index (κ1) is 21.8. The van der Waals surface area contributed by atoms with Gasteiger partial charge in [0, 0.05) is 49.3 Å². The first-order chi connectivity index (χ1) is 15.4. The standard InChI is InChI=1S/C24H24F3N3O2/c1-30(19-4-7-21(8-5-19)32-16-24(25,26)27)20-6-9-22-17(10-12-31-23(22)13-20)14-29-18-3-2-11-28-15-18/h2-9,11,13,15,17,29H,10,12,14,16H2,1H3/t17-/m0/s1. The Balaban J connectivity index is 1.43. The molecule has 0 bridgehead atoms. The summed E-state index contributed by atoms with van der Waals surface area (Å²) in [5, 5.41) is 3.43. The van der Waals surface area contributed by atoms with Crippen LogP contribution in [0.15, 0.2) is 67.0 Å². The average molecular weight is 443 g/mol. The van der Waals surface area contributed by atoms with Crippen LogP contribution in [-0.2, 0) is 0 Å². The number of rotatable bonds is 7. The Labute approximate surface area is 184 Å². The van der Waals surface area contributed by atoms with Gasteiger partial charge in [-0.05, 0) is 54.4 Å². The highest BCUT2D eigenvalue weighted by Crippen LogP contribution is 2.38. The summed E-state index contributed by atoms with van der Waals surface area (Å²) < 4.78 is 47.7. The van der Waals surface area contributed by atoms with Crippen molar-refractivity contribution in [2.24, 2.45) is 0 Å². The zero-order chi connectivity index (χ0) is 22.6. The molecule has 0 saturated heterocycles. The number of pyridine rings is 1. The van der Waals surface area contributed by atoms with E-state index < -0.39 is 12.8 Å². The van der Waals surface area contributed by atoms with Crippen LogP contribution in [0.25, 0.3) is 0 Å². The Morgan fingerprint density at radius 1 is 1.12 bits per heavy atom. The predicted molar refractivity (Wildman–Crippen MR) is 118 cm³/mol. The Bertz CT molecular complexity index is 1030. The van der Waals surface area contributed by atoms with Crippen LogP contribution in [0.4, 0.5) is 30.2 Å². The van der Waals surface area contributed by atoms with E-state index >= 15 is 0 Å². The molecule has 0 unspecified atom stereocenters. The Kier molecular flexibility index (Phi) is 6.39. The average Bonchev–Trinajstić information content (AvgIpc) is 2.81. The molecule has 2 heterocycles. The molecule has 0 aliphatic carbocycles. The summed E-state index contributed by atoms with van der Waals surface area (Å²) in [6, 6.07) is 16.5. The summed E-state index contributed by atoms with van der Waals surface area (Å²) in [6.45, 7) is 0.128. The van der Waals surface area contributed by atoms with Gasteiger partial charge in [0.05, 0.1) is 12.3 Å². The maximum Gasteiger partial charge on any atom is 0.422 e. The molecular weight excluding hydrogens is 419 g/mol. The minimum absolute atomic E-state index is 0.178. The first-order valence-corrected chi connectivity index (χ1v) is 10.3. The second kappa shape index (κ2) is 9.38. The van der Waals surface area contributed by atoms with Gasteiger partial charge in [-0.3, -0.25) is 4.98 Å². The zero-order valence-electron chi connectivity index (χ0n) is 17.6. The number of aromatic nitrogens is 1. The minimum Gasteiger partial charge on any atom is -0.493 e. The number of ether oxygens (including phenoxy) is 2. The van der Waals surface area contributed by atoms with E-state index in [2.05, 4.69) is 16.4 Å². The van der Waals surface area contributed by atoms with Crippen molar-refractivity contribution in [3.05, 3.63) is 72.6 Å². The van der Waals surface area contributed by atoms with Crippen molar-refractivity contribution in [1.29, 1.82) is 0 Å². The molecule has 8 heteroatoms. The quantitative estimate of drug-likeness (QED) is 0.502. The largest absolute Gasteiger partial charge is 0.493 e. The Hall–Kier alpha value is -3.42. The number of benzene rings is 2. The van der Waals surface area contributed by atoms with Gasteiger partial charge in [-0.25, -0.2) is 0 Å². The van der Waals surface area contributed by atoms with Gasteiger partial charge in [0.2, 0.25) is 0 Å². The number of alkyl halides is 3. The van der Waals surface area contributed by atoms with E-state index in [1.165, 1.54) is 12.1 Å². The lowest BCUT2D eigenvalue weighted by atomic mass is 9.92. The van der Waals surface area contributed by atoms with Gasteiger partial charge in [0.15, 0.2) is 6.61 Å². The maximum atomic E-state index is 12.3. The molecule has 2 aromatic carbocycles.